The number of benzene rings is 1. The van der Waals surface area contributed by atoms with Crippen molar-refractivity contribution in [3.05, 3.63) is 35.6 Å². The van der Waals surface area contributed by atoms with Crippen molar-refractivity contribution in [2.24, 2.45) is 5.92 Å². The zero-order chi connectivity index (χ0) is 13.0. The van der Waals surface area contributed by atoms with Gasteiger partial charge in [0.2, 0.25) is 0 Å². The maximum Gasteiger partial charge on any atom is 0.123 e. The second-order valence-corrected chi connectivity index (χ2v) is 5.93. The van der Waals surface area contributed by atoms with Gasteiger partial charge in [0, 0.05) is 5.54 Å². The molecule has 0 radical (unpaired) electrons. The molecule has 1 aromatic carbocycles. The summed E-state index contributed by atoms with van der Waals surface area (Å²) in [5.74, 6) is 0.487. The lowest BCUT2D eigenvalue weighted by atomic mass is 9.79. The molecule has 1 fully saturated rings. The molecular formula is C16H24FN. The largest absolute Gasteiger partial charge is 0.307 e. The Kier molecular flexibility index (Phi) is 4.39. The maximum absolute atomic E-state index is 13.5. The molecule has 1 saturated heterocycles. The lowest BCUT2D eigenvalue weighted by Crippen LogP contribution is -2.43. The van der Waals surface area contributed by atoms with Gasteiger partial charge < -0.3 is 5.32 Å². The zero-order valence-electron chi connectivity index (χ0n) is 11.5. The van der Waals surface area contributed by atoms with Crippen LogP contribution in [0.1, 0.15) is 51.5 Å². The van der Waals surface area contributed by atoms with Crippen molar-refractivity contribution in [1.29, 1.82) is 0 Å². The third-order valence-corrected chi connectivity index (χ3v) is 3.88. The summed E-state index contributed by atoms with van der Waals surface area (Å²) < 4.78 is 13.5. The van der Waals surface area contributed by atoms with E-state index in [0.29, 0.717) is 5.92 Å². The Morgan fingerprint density at radius 2 is 2.11 bits per heavy atom. The van der Waals surface area contributed by atoms with E-state index in [1.807, 2.05) is 6.07 Å². The second kappa shape index (κ2) is 5.83. The van der Waals surface area contributed by atoms with E-state index in [0.717, 1.165) is 24.9 Å². The van der Waals surface area contributed by atoms with E-state index in [-0.39, 0.29) is 11.4 Å². The Labute approximate surface area is 110 Å². The van der Waals surface area contributed by atoms with E-state index >= 15 is 0 Å². The van der Waals surface area contributed by atoms with Crippen molar-refractivity contribution in [1.82, 2.24) is 5.32 Å². The summed E-state index contributed by atoms with van der Waals surface area (Å²) in [6.07, 6.45) is 5.94. The predicted octanol–water partition coefficient (Wildman–Crippen LogP) is 4.23. The summed E-state index contributed by atoms with van der Waals surface area (Å²) in [6, 6.07) is 7.15. The minimum atomic E-state index is -0.123. The number of nitrogens with one attached hydrogen (secondary N) is 1. The van der Waals surface area contributed by atoms with Crippen LogP contribution in [0.25, 0.3) is 0 Å². The van der Waals surface area contributed by atoms with Crippen LogP contribution in [0.2, 0.25) is 0 Å². The minimum Gasteiger partial charge on any atom is -0.307 e. The SMILES string of the molecule is CC(C)CC1(c2cccc(F)c2)CCCCCN1. The molecule has 1 aromatic rings. The molecule has 2 heteroatoms. The van der Waals surface area contributed by atoms with Gasteiger partial charge in [0.15, 0.2) is 0 Å². The fourth-order valence-electron chi connectivity index (χ4n) is 3.17. The van der Waals surface area contributed by atoms with Gasteiger partial charge in [0.1, 0.15) is 5.82 Å². The van der Waals surface area contributed by atoms with E-state index in [2.05, 4.69) is 25.2 Å². The molecule has 0 bridgehead atoms. The van der Waals surface area contributed by atoms with Crippen LogP contribution in [0.4, 0.5) is 4.39 Å². The standard InChI is InChI=1S/C16H24FN/c1-13(2)12-16(9-4-3-5-10-18-16)14-7-6-8-15(17)11-14/h6-8,11,13,18H,3-5,9-10,12H2,1-2H3. The summed E-state index contributed by atoms with van der Waals surface area (Å²) in [7, 11) is 0. The van der Waals surface area contributed by atoms with Crippen LogP contribution in [0.3, 0.4) is 0 Å². The van der Waals surface area contributed by atoms with Gasteiger partial charge in [0.25, 0.3) is 0 Å². The van der Waals surface area contributed by atoms with Crippen molar-refractivity contribution in [2.45, 2.75) is 51.5 Å². The van der Waals surface area contributed by atoms with E-state index in [9.17, 15) is 4.39 Å². The fourth-order valence-corrected chi connectivity index (χ4v) is 3.17. The Morgan fingerprint density at radius 3 is 2.83 bits per heavy atom. The molecular weight excluding hydrogens is 225 g/mol. The molecule has 1 nitrogen and oxygen atoms in total. The molecule has 0 saturated carbocycles. The molecule has 0 aliphatic carbocycles. The van der Waals surface area contributed by atoms with Crippen LogP contribution in [-0.2, 0) is 5.54 Å². The van der Waals surface area contributed by atoms with Gasteiger partial charge in [-0.25, -0.2) is 4.39 Å². The van der Waals surface area contributed by atoms with Gasteiger partial charge in [-0.15, -0.1) is 0 Å². The Hall–Kier alpha value is -0.890. The molecule has 1 atom stereocenters. The van der Waals surface area contributed by atoms with Crippen LogP contribution in [0, 0.1) is 11.7 Å². The molecule has 0 aromatic heterocycles. The second-order valence-electron chi connectivity index (χ2n) is 5.93. The normalized spacial score (nSPS) is 25.1. The van der Waals surface area contributed by atoms with Crippen LogP contribution in [-0.4, -0.2) is 6.54 Å². The summed E-state index contributed by atoms with van der Waals surface area (Å²) in [5, 5.41) is 3.70. The van der Waals surface area contributed by atoms with Crippen molar-refractivity contribution in [3.63, 3.8) is 0 Å². The van der Waals surface area contributed by atoms with Gasteiger partial charge in [-0.05, 0) is 49.4 Å². The van der Waals surface area contributed by atoms with Crippen LogP contribution >= 0.6 is 0 Å². The highest BCUT2D eigenvalue weighted by Gasteiger charge is 2.33. The Bertz CT molecular complexity index is 378. The van der Waals surface area contributed by atoms with Crippen molar-refractivity contribution in [2.75, 3.05) is 6.54 Å². The first-order valence-electron chi connectivity index (χ1n) is 7.13. The summed E-state index contributed by atoms with van der Waals surface area (Å²) in [4.78, 5) is 0. The Balaban J connectivity index is 2.33. The van der Waals surface area contributed by atoms with Gasteiger partial charge >= 0.3 is 0 Å². The highest BCUT2D eigenvalue weighted by atomic mass is 19.1. The third kappa shape index (κ3) is 3.11. The molecule has 1 aliphatic rings. The number of halogens is 1. The zero-order valence-corrected chi connectivity index (χ0v) is 11.5. The minimum absolute atomic E-state index is 0.0211. The average Bonchev–Trinajstić information content (AvgIpc) is 2.55. The highest BCUT2D eigenvalue weighted by Crippen LogP contribution is 2.35. The topological polar surface area (TPSA) is 12.0 Å². The molecule has 1 N–H and O–H groups in total. The van der Waals surface area contributed by atoms with Crippen molar-refractivity contribution < 1.29 is 4.39 Å². The van der Waals surface area contributed by atoms with Crippen LogP contribution < -0.4 is 5.32 Å². The molecule has 0 spiro atoms. The quantitative estimate of drug-likeness (QED) is 0.845. The first-order chi connectivity index (χ1) is 8.62. The van der Waals surface area contributed by atoms with E-state index in [1.165, 1.54) is 25.3 Å². The maximum atomic E-state index is 13.5. The van der Waals surface area contributed by atoms with Gasteiger partial charge in [-0.3, -0.25) is 0 Å². The number of hydrogen-bond donors (Lipinski definition) is 1. The lowest BCUT2D eigenvalue weighted by Gasteiger charge is -2.36. The number of hydrogen-bond acceptors (Lipinski definition) is 1. The molecule has 1 unspecified atom stereocenters. The monoisotopic (exact) mass is 249 g/mol. The molecule has 0 amide bonds. The molecule has 1 aliphatic heterocycles. The fraction of sp³-hybridized carbons (Fsp3) is 0.625. The summed E-state index contributed by atoms with van der Waals surface area (Å²) >= 11 is 0. The summed E-state index contributed by atoms with van der Waals surface area (Å²) in [6.45, 7) is 5.53. The molecule has 100 valence electrons. The molecule has 2 rings (SSSR count). The molecule has 1 heterocycles. The van der Waals surface area contributed by atoms with Gasteiger partial charge in [-0.1, -0.05) is 38.8 Å². The van der Waals surface area contributed by atoms with Gasteiger partial charge in [-0.2, -0.15) is 0 Å². The highest BCUT2D eigenvalue weighted by molar-refractivity contribution is 5.26. The predicted molar refractivity (Wildman–Crippen MR) is 74.0 cm³/mol. The summed E-state index contributed by atoms with van der Waals surface area (Å²) in [5.41, 5.74) is 1.10. The first-order valence-corrected chi connectivity index (χ1v) is 7.13. The lowest BCUT2D eigenvalue weighted by molar-refractivity contribution is 0.263. The average molecular weight is 249 g/mol. The van der Waals surface area contributed by atoms with Crippen molar-refractivity contribution in [3.8, 4) is 0 Å². The van der Waals surface area contributed by atoms with Crippen LogP contribution in [0.15, 0.2) is 24.3 Å². The number of rotatable bonds is 3. The van der Waals surface area contributed by atoms with Gasteiger partial charge in [0.05, 0.1) is 0 Å². The smallest absolute Gasteiger partial charge is 0.123 e. The first kappa shape index (κ1) is 13.5. The van der Waals surface area contributed by atoms with Crippen LogP contribution in [0.5, 0.6) is 0 Å². The third-order valence-electron chi connectivity index (χ3n) is 3.88. The molecule has 18 heavy (non-hydrogen) atoms. The van der Waals surface area contributed by atoms with E-state index < -0.39 is 0 Å². The van der Waals surface area contributed by atoms with E-state index in [4.69, 9.17) is 0 Å². The van der Waals surface area contributed by atoms with Crippen molar-refractivity contribution >= 4 is 0 Å². The van der Waals surface area contributed by atoms with E-state index in [1.54, 1.807) is 6.07 Å². The Morgan fingerprint density at radius 1 is 1.28 bits per heavy atom.